The first-order valence-corrected chi connectivity index (χ1v) is 17.9. The van der Waals surface area contributed by atoms with Crippen LogP contribution in [0, 0.1) is 5.92 Å². The van der Waals surface area contributed by atoms with Gasteiger partial charge in [0.15, 0.2) is 5.75 Å². The maximum atomic E-state index is 11.6. The number of ether oxygens (including phenoxy) is 1. The van der Waals surface area contributed by atoms with Crippen LogP contribution >= 0.6 is 23.2 Å². The van der Waals surface area contributed by atoms with Crippen LogP contribution in [0.5, 0.6) is 11.6 Å². The lowest BCUT2D eigenvalue weighted by atomic mass is 9.96. The number of nitrogens with one attached hydrogen (secondary N) is 2. The standard InChI is InChI=1S/C32H42Cl2N8O4S/c1-35-32(43)38-19-23-4-7-41(8-5-23)22-24-14-29(25-16-26(33)18-27(34)17-25)39-30(15-24)46-28-20-36-31(37-21-28)42-11-9-40(10-12-42)6-2-3-13-47(44)45/h14-18,20-21,23H,2-13,19,22H2,1H3,(H,44,45)(H2,35,38,43)/p-1. The Bertz CT molecular complexity index is 1480. The van der Waals surface area contributed by atoms with Crippen molar-refractivity contribution in [2.45, 2.75) is 32.2 Å². The van der Waals surface area contributed by atoms with Crippen molar-refractivity contribution in [3.8, 4) is 22.9 Å². The number of hydrogen-bond donors (Lipinski definition) is 2. The lowest BCUT2D eigenvalue weighted by molar-refractivity contribution is 0.175. The monoisotopic (exact) mass is 703 g/mol. The summed E-state index contributed by atoms with van der Waals surface area (Å²) in [6, 6.07) is 9.19. The van der Waals surface area contributed by atoms with E-state index in [2.05, 4.69) is 35.3 Å². The number of rotatable bonds is 13. The Balaban J connectivity index is 1.22. The average Bonchev–Trinajstić information content (AvgIpc) is 3.06. The number of urea groups is 1. The number of unbranched alkanes of at least 4 members (excludes halogenated alkanes) is 1. The molecule has 47 heavy (non-hydrogen) atoms. The number of carbonyl (C=O) groups is 1. The van der Waals surface area contributed by atoms with E-state index in [-0.39, 0.29) is 11.8 Å². The molecule has 5 rings (SSSR count). The molecule has 2 aromatic heterocycles. The van der Waals surface area contributed by atoms with Gasteiger partial charge in [-0.3, -0.25) is 14.0 Å². The van der Waals surface area contributed by atoms with Gasteiger partial charge in [-0.15, -0.1) is 0 Å². The number of piperazine rings is 1. The minimum Gasteiger partial charge on any atom is -0.772 e. The highest BCUT2D eigenvalue weighted by Crippen LogP contribution is 2.31. The zero-order valence-corrected chi connectivity index (χ0v) is 28.8. The number of piperidine rings is 1. The highest BCUT2D eigenvalue weighted by atomic mass is 35.5. The number of carbonyl (C=O) groups excluding carboxylic acids is 1. The summed E-state index contributed by atoms with van der Waals surface area (Å²) in [6.07, 6.45) is 6.89. The van der Waals surface area contributed by atoms with Gasteiger partial charge in [0.1, 0.15) is 0 Å². The van der Waals surface area contributed by atoms with Crippen molar-refractivity contribution in [1.29, 1.82) is 0 Å². The highest BCUT2D eigenvalue weighted by molar-refractivity contribution is 7.79. The van der Waals surface area contributed by atoms with Gasteiger partial charge >= 0.3 is 6.03 Å². The number of likely N-dealkylation sites (tertiary alicyclic amines) is 1. The smallest absolute Gasteiger partial charge is 0.314 e. The van der Waals surface area contributed by atoms with Crippen LogP contribution in [-0.2, 0) is 17.6 Å². The van der Waals surface area contributed by atoms with Gasteiger partial charge < -0.3 is 24.8 Å². The van der Waals surface area contributed by atoms with Crippen LogP contribution in [0.2, 0.25) is 10.0 Å². The summed E-state index contributed by atoms with van der Waals surface area (Å²) in [5.41, 5.74) is 2.53. The molecule has 0 aliphatic carbocycles. The van der Waals surface area contributed by atoms with Gasteiger partial charge in [-0.25, -0.2) is 19.7 Å². The van der Waals surface area contributed by atoms with Gasteiger partial charge in [-0.2, -0.15) is 0 Å². The van der Waals surface area contributed by atoms with Crippen molar-refractivity contribution in [3.05, 3.63) is 58.3 Å². The second-order valence-corrected chi connectivity index (χ2v) is 13.8. The minimum atomic E-state index is -1.97. The number of aromatic nitrogens is 3. The van der Waals surface area contributed by atoms with Crippen LogP contribution in [0.25, 0.3) is 11.3 Å². The van der Waals surface area contributed by atoms with E-state index in [1.165, 1.54) is 0 Å². The molecule has 2 saturated heterocycles. The van der Waals surface area contributed by atoms with E-state index in [1.807, 2.05) is 24.3 Å². The fraction of sp³-hybridized carbons (Fsp3) is 0.500. The molecule has 2 fully saturated rings. The SMILES string of the molecule is CNC(=O)NCC1CCN(Cc2cc(Oc3cnc(N4CCN(CCCCS(=O)[O-])CC4)nc3)nc(-c3cc(Cl)cc(Cl)c3)c2)CC1. The quantitative estimate of drug-likeness (QED) is 0.192. The number of pyridine rings is 1. The van der Waals surface area contributed by atoms with Crippen LogP contribution in [0.3, 0.4) is 0 Å². The van der Waals surface area contributed by atoms with Crippen molar-refractivity contribution < 1.29 is 18.3 Å². The fourth-order valence-corrected chi connectivity index (χ4v) is 6.82. The summed E-state index contributed by atoms with van der Waals surface area (Å²) in [4.78, 5) is 32.4. The minimum absolute atomic E-state index is 0.147. The zero-order valence-electron chi connectivity index (χ0n) is 26.5. The average molecular weight is 705 g/mol. The Morgan fingerprint density at radius 2 is 1.68 bits per heavy atom. The molecular formula is C32H41Cl2N8O4S-. The molecule has 2 aliphatic heterocycles. The molecule has 0 spiro atoms. The fourth-order valence-electron chi connectivity index (χ4n) is 5.86. The third-order valence-corrected chi connectivity index (χ3v) is 9.50. The molecule has 3 aromatic rings. The van der Waals surface area contributed by atoms with Crippen LogP contribution in [0.15, 0.2) is 42.7 Å². The van der Waals surface area contributed by atoms with Crippen molar-refractivity contribution in [3.63, 3.8) is 0 Å². The summed E-state index contributed by atoms with van der Waals surface area (Å²) in [5.74, 6) is 2.21. The molecule has 1 unspecified atom stereocenters. The third kappa shape index (κ3) is 11.0. The van der Waals surface area contributed by atoms with Crippen molar-refractivity contribution in [1.82, 2.24) is 35.4 Å². The van der Waals surface area contributed by atoms with Crippen LogP contribution in [-0.4, -0.2) is 105 Å². The summed E-state index contributed by atoms with van der Waals surface area (Å²) in [7, 11) is 1.62. The lowest BCUT2D eigenvalue weighted by Crippen LogP contribution is -2.47. The highest BCUT2D eigenvalue weighted by Gasteiger charge is 2.21. The third-order valence-electron chi connectivity index (χ3n) is 8.44. The second-order valence-electron chi connectivity index (χ2n) is 11.9. The molecule has 2 aliphatic rings. The number of amides is 2. The summed E-state index contributed by atoms with van der Waals surface area (Å²) >= 11 is 10.7. The molecule has 1 atom stereocenters. The molecule has 4 heterocycles. The summed E-state index contributed by atoms with van der Waals surface area (Å²) < 4.78 is 27.7. The number of nitrogens with zero attached hydrogens (tertiary/aromatic N) is 6. The molecule has 2 N–H and O–H groups in total. The van der Waals surface area contributed by atoms with Gasteiger partial charge in [0.05, 0.1) is 18.1 Å². The Hall–Kier alpha value is -3.07. The first-order valence-electron chi connectivity index (χ1n) is 15.9. The van der Waals surface area contributed by atoms with E-state index >= 15 is 0 Å². The predicted octanol–water partition coefficient (Wildman–Crippen LogP) is 4.56. The topological polar surface area (TPSA) is 139 Å². The molecule has 0 radical (unpaired) electrons. The van der Waals surface area contributed by atoms with Gasteiger partial charge in [0.25, 0.3) is 0 Å². The molecule has 0 saturated carbocycles. The zero-order chi connectivity index (χ0) is 33.2. The molecule has 254 valence electrons. The molecule has 12 nitrogen and oxygen atoms in total. The molecule has 1 aromatic carbocycles. The van der Waals surface area contributed by atoms with Gasteiger partial charge in [-0.1, -0.05) is 34.3 Å². The van der Waals surface area contributed by atoms with E-state index < -0.39 is 11.1 Å². The van der Waals surface area contributed by atoms with E-state index in [4.69, 9.17) is 32.9 Å². The maximum Gasteiger partial charge on any atom is 0.314 e. The molecule has 15 heteroatoms. The first kappa shape index (κ1) is 35.2. The number of hydrogen-bond acceptors (Lipinski definition) is 10. The van der Waals surface area contributed by atoms with Gasteiger partial charge in [-0.05, 0) is 81.1 Å². The summed E-state index contributed by atoms with van der Waals surface area (Å²) in [6.45, 7) is 7.47. The van der Waals surface area contributed by atoms with Crippen molar-refractivity contribution in [2.75, 3.05) is 70.1 Å². The molecule has 2 amide bonds. The van der Waals surface area contributed by atoms with E-state index in [0.29, 0.717) is 52.2 Å². The van der Waals surface area contributed by atoms with Crippen LogP contribution < -0.4 is 20.3 Å². The Morgan fingerprint density at radius 3 is 2.34 bits per heavy atom. The Labute approximate surface area is 288 Å². The van der Waals surface area contributed by atoms with Gasteiger partial charge in [0, 0.05) is 73.7 Å². The van der Waals surface area contributed by atoms with Crippen molar-refractivity contribution >= 4 is 46.3 Å². The summed E-state index contributed by atoms with van der Waals surface area (Å²) in [5, 5.41) is 6.57. The Kier molecular flexibility index (Phi) is 13.0. The van der Waals surface area contributed by atoms with Gasteiger partial charge in [0.2, 0.25) is 11.8 Å². The van der Waals surface area contributed by atoms with E-state index in [9.17, 15) is 13.6 Å². The predicted molar refractivity (Wildman–Crippen MR) is 184 cm³/mol. The molecular weight excluding hydrogens is 663 g/mol. The van der Waals surface area contributed by atoms with Crippen molar-refractivity contribution in [2.24, 2.45) is 5.92 Å². The van der Waals surface area contributed by atoms with Crippen LogP contribution in [0.1, 0.15) is 31.2 Å². The Morgan fingerprint density at radius 1 is 0.979 bits per heavy atom. The first-order chi connectivity index (χ1) is 22.7. The second kappa shape index (κ2) is 17.4. The number of anilines is 1. The number of halogens is 2. The molecule has 0 bridgehead atoms. The van der Waals surface area contributed by atoms with Crippen LogP contribution in [0.4, 0.5) is 10.7 Å². The van der Waals surface area contributed by atoms with E-state index in [0.717, 1.165) is 82.7 Å². The van der Waals surface area contributed by atoms with E-state index in [1.54, 1.807) is 25.5 Å². The normalized spacial score (nSPS) is 17.0. The largest absolute Gasteiger partial charge is 0.772 e. The maximum absolute atomic E-state index is 11.6. The number of benzene rings is 1. The lowest BCUT2D eigenvalue weighted by Gasteiger charge is -2.34.